The third kappa shape index (κ3) is 3.76. The molecule has 0 radical (unpaired) electrons. The second-order valence-electron chi connectivity index (χ2n) is 8.50. The Hall–Kier alpha value is -3.57. The Bertz CT molecular complexity index is 1370. The first kappa shape index (κ1) is 23.6. The molecule has 174 valence electrons. The first-order chi connectivity index (χ1) is 16.2. The molecule has 0 spiro atoms. The smallest absolute Gasteiger partial charge is 0.340 e. The fourth-order valence-corrected chi connectivity index (χ4v) is 4.92. The van der Waals surface area contributed by atoms with Gasteiger partial charge in [0.25, 0.3) is 5.91 Å². The lowest BCUT2D eigenvalue weighted by molar-refractivity contribution is -0.136. The van der Waals surface area contributed by atoms with Crippen molar-refractivity contribution in [1.82, 2.24) is 4.57 Å². The van der Waals surface area contributed by atoms with Gasteiger partial charge in [-0.2, -0.15) is 0 Å². The van der Waals surface area contributed by atoms with Crippen LogP contribution < -0.4 is 4.90 Å². The van der Waals surface area contributed by atoms with Gasteiger partial charge in [0, 0.05) is 17.1 Å². The van der Waals surface area contributed by atoms with Crippen LogP contribution in [-0.2, 0) is 14.3 Å². The van der Waals surface area contributed by atoms with Crippen LogP contribution in [-0.4, -0.2) is 23.6 Å². The van der Waals surface area contributed by atoms with Crippen molar-refractivity contribution in [3.63, 3.8) is 0 Å². The Kier molecular flexibility index (Phi) is 6.24. The number of nitrogens with zero attached hydrogens (tertiary/aromatic N) is 2. The van der Waals surface area contributed by atoms with Crippen molar-refractivity contribution in [1.29, 1.82) is 0 Å². The van der Waals surface area contributed by atoms with Crippen molar-refractivity contribution in [3.05, 3.63) is 98.5 Å². The van der Waals surface area contributed by atoms with E-state index < -0.39 is 5.97 Å². The number of aromatic nitrogens is 1. The van der Waals surface area contributed by atoms with E-state index in [1.54, 1.807) is 37.3 Å². The number of methoxy groups -OCH3 is 1. The molecule has 0 saturated carbocycles. The number of halogens is 1. The van der Waals surface area contributed by atoms with Gasteiger partial charge in [0.2, 0.25) is 0 Å². The number of esters is 1. The number of hydrogen-bond donors (Lipinski definition) is 0. The van der Waals surface area contributed by atoms with Crippen LogP contribution in [0.1, 0.15) is 35.0 Å². The number of carbonyl (C=O) groups is 2. The normalized spacial score (nSPS) is 15.0. The zero-order valence-electron chi connectivity index (χ0n) is 20.2. The minimum absolute atomic E-state index is 0.240. The summed E-state index contributed by atoms with van der Waals surface area (Å²) >= 11 is 6.40. The largest absolute Gasteiger partial charge is 0.465 e. The third-order valence-electron chi connectivity index (χ3n) is 6.32. The van der Waals surface area contributed by atoms with Crippen LogP contribution in [0.3, 0.4) is 0 Å². The molecule has 6 heteroatoms. The summed E-state index contributed by atoms with van der Waals surface area (Å²) in [6.07, 6.45) is 1.78. The van der Waals surface area contributed by atoms with E-state index >= 15 is 0 Å². The summed E-state index contributed by atoms with van der Waals surface area (Å²) in [5, 5.41) is 0.425. The lowest BCUT2D eigenvalue weighted by atomic mass is 10.0. The molecule has 34 heavy (non-hydrogen) atoms. The second-order valence-corrected chi connectivity index (χ2v) is 8.91. The Morgan fingerprint density at radius 1 is 0.971 bits per heavy atom. The quantitative estimate of drug-likeness (QED) is 0.332. The average molecular weight is 475 g/mol. The van der Waals surface area contributed by atoms with E-state index in [2.05, 4.69) is 30.5 Å². The monoisotopic (exact) mass is 474 g/mol. The number of carbonyl (C=O) groups excluding carboxylic acids is 2. The van der Waals surface area contributed by atoms with Gasteiger partial charge < -0.3 is 9.30 Å². The molecule has 2 aromatic carbocycles. The fraction of sp³-hybridized carbons (Fsp3) is 0.214. The summed E-state index contributed by atoms with van der Waals surface area (Å²) in [7, 11) is 1.32. The minimum atomic E-state index is -0.560. The molecule has 0 unspecified atom stereocenters. The molecule has 1 aromatic heterocycles. The van der Waals surface area contributed by atoms with Gasteiger partial charge in [-0.3, -0.25) is 9.69 Å². The number of rotatable bonds is 4. The summed E-state index contributed by atoms with van der Waals surface area (Å²) in [4.78, 5) is 27.9. The number of benzene rings is 2. The minimum Gasteiger partial charge on any atom is -0.465 e. The molecule has 3 aromatic rings. The predicted octanol–water partition coefficient (Wildman–Crippen LogP) is 6.24. The molecule has 5 nitrogen and oxygen atoms in total. The highest BCUT2D eigenvalue weighted by Crippen LogP contribution is 2.39. The van der Waals surface area contributed by atoms with E-state index in [9.17, 15) is 9.59 Å². The number of para-hydroxylation sites is 2. The number of hydrogen-bond acceptors (Lipinski definition) is 3. The third-order valence-corrected chi connectivity index (χ3v) is 6.64. The first-order valence-corrected chi connectivity index (χ1v) is 11.4. The molecule has 0 bridgehead atoms. The van der Waals surface area contributed by atoms with Crippen LogP contribution in [0, 0.1) is 27.7 Å². The van der Waals surface area contributed by atoms with Crippen LogP contribution >= 0.6 is 11.6 Å². The Morgan fingerprint density at radius 3 is 2.24 bits per heavy atom. The van der Waals surface area contributed by atoms with Crippen LogP contribution in [0.15, 0.2) is 65.4 Å². The summed E-state index contributed by atoms with van der Waals surface area (Å²) in [6, 6.07) is 15.3. The maximum atomic E-state index is 13.6. The predicted molar refractivity (Wildman–Crippen MR) is 136 cm³/mol. The van der Waals surface area contributed by atoms with E-state index in [1.807, 2.05) is 26.0 Å². The molecule has 0 atom stereocenters. The van der Waals surface area contributed by atoms with Crippen molar-refractivity contribution >= 4 is 35.2 Å². The van der Waals surface area contributed by atoms with Crippen molar-refractivity contribution in [2.24, 2.45) is 0 Å². The highest BCUT2D eigenvalue weighted by Gasteiger charge is 2.38. The molecule has 0 fully saturated rings. The molecule has 0 saturated heterocycles. The van der Waals surface area contributed by atoms with Crippen LogP contribution in [0.5, 0.6) is 0 Å². The molecule has 0 aliphatic carbocycles. The van der Waals surface area contributed by atoms with E-state index in [4.69, 9.17) is 16.3 Å². The number of amides is 1. The fourth-order valence-electron chi connectivity index (χ4n) is 4.69. The van der Waals surface area contributed by atoms with Crippen LogP contribution in [0.25, 0.3) is 11.8 Å². The molecule has 0 N–H and O–H groups in total. The van der Waals surface area contributed by atoms with Gasteiger partial charge in [-0.25, -0.2) is 4.79 Å². The molecular formula is C28H27ClN2O3. The number of allylic oxidation sites excluding steroid dienone is 1. The maximum Gasteiger partial charge on any atom is 0.340 e. The van der Waals surface area contributed by atoms with Gasteiger partial charge in [-0.05, 0) is 75.6 Å². The average Bonchev–Trinajstić information content (AvgIpc) is 3.20. The molecule has 1 aliphatic heterocycles. The van der Waals surface area contributed by atoms with Gasteiger partial charge in [-0.1, -0.05) is 41.9 Å². The van der Waals surface area contributed by atoms with Gasteiger partial charge in [0.05, 0.1) is 34.7 Å². The van der Waals surface area contributed by atoms with Crippen molar-refractivity contribution in [3.8, 4) is 5.69 Å². The molecule has 1 amide bonds. The maximum absolute atomic E-state index is 13.6. The number of aryl methyl sites for hydroxylation is 3. The second kappa shape index (κ2) is 8.99. The van der Waals surface area contributed by atoms with Gasteiger partial charge in [0.1, 0.15) is 0 Å². The highest BCUT2D eigenvalue weighted by atomic mass is 35.5. The number of anilines is 1. The Labute approximate surface area is 204 Å². The lowest BCUT2D eigenvalue weighted by Crippen LogP contribution is -2.24. The lowest BCUT2D eigenvalue weighted by Gasteiger charge is -2.19. The molecule has 2 heterocycles. The van der Waals surface area contributed by atoms with Gasteiger partial charge in [0.15, 0.2) is 0 Å². The first-order valence-electron chi connectivity index (χ1n) is 11.0. The zero-order chi connectivity index (χ0) is 24.7. The van der Waals surface area contributed by atoms with Crippen LogP contribution in [0.4, 0.5) is 5.69 Å². The summed E-state index contributed by atoms with van der Waals surface area (Å²) in [6.45, 7) is 9.96. The van der Waals surface area contributed by atoms with E-state index in [1.165, 1.54) is 12.0 Å². The van der Waals surface area contributed by atoms with Crippen molar-refractivity contribution in [2.45, 2.75) is 34.6 Å². The Balaban J connectivity index is 1.90. The van der Waals surface area contributed by atoms with E-state index in [0.717, 1.165) is 33.8 Å². The highest BCUT2D eigenvalue weighted by molar-refractivity contribution is 6.35. The Morgan fingerprint density at radius 2 is 1.62 bits per heavy atom. The van der Waals surface area contributed by atoms with Gasteiger partial charge >= 0.3 is 5.97 Å². The molecular weight excluding hydrogens is 448 g/mol. The summed E-state index contributed by atoms with van der Waals surface area (Å²) in [5.41, 5.74) is 7.86. The van der Waals surface area contributed by atoms with E-state index in [-0.39, 0.29) is 17.1 Å². The molecule has 1 aliphatic rings. The van der Waals surface area contributed by atoms with Crippen molar-refractivity contribution < 1.29 is 14.3 Å². The van der Waals surface area contributed by atoms with Crippen molar-refractivity contribution in [2.75, 3.05) is 12.0 Å². The number of ether oxygens (including phenoxy) is 1. The summed E-state index contributed by atoms with van der Waals surface area (Å²) in [5.74, 6) is -0.877. The summed E-state index contributed by atoms with van der Waals surface area (Å²) < 4.78 is 7.23. The molecule has 4 rings (SSSR count). The topological polar surface area (TPSA) is 51.5 Å². The zero-order valence-corrected chi connectivity index (χ0v) is 20.9. The van der Waals surface area contributed by atoms with E-state index in [0.29, 0.717) is 16.4 Å². The van der Waals surface area contributed by atoms with Gasteiger partial charge in [-0.15, -0.1) is 0 Å². The standard InChI is InChI=1S/C28H27ClN2O3/c1-16-10-9-11-17(2)26(16)30-18(3)14-21(19(30)4)15-22-25(28(33)34-6)20(5)31(27(22)32)24-13-8-7-12-23(24)29/h7-15H,1-6H3/b22-15-. The van der Waals surface area contributed by atoms with Crippen LogP contribution in [0.2, 0.25) is 5.02 Å². The SMILES string of the molecule is COC(=O)C1=C(C)N(c2ccccc2Cl)C(=O)/C1=C\c1cc(C)n(-c2c(C)cccc2C)c1C.